The quantitative estimate of drug-likeness (QED) is 0.281. The van der Waals surface area contributed by atoms with Crippen LogP contribution >= 0.6 is 18.8 Å². The number of nitrogens with two attached hydrogens (primary N) is 1. The molecule has 0 spiro atoms. The summed E-state index contributed by atoms with van der Waals surface area (Å²) in [6.07, 6.45) is -0.272. The molecule has 19 heavy (non-hydrogen) atoms. The molecule has 1 fully saturated rings. The summed E-state index contributed by atoms with van der Waals surface area (Å²) in [6.45, 7) is -0.0196. The van der Waals surface area contributed by atoms with Gasteiger partial charge in [0.15, 0.2) is 0 Å². The Kier molecular flexibility index (Phi) is 7.39. The lowest BCUT2D eigenvalue weighted by Gasteiger charge is -2.25. The molecule has 2 N–H and O–H groups in total. The predicted octanol–water partition coefficient (Wildman–Crippen LogP) is -0.137. The van der Waals surface area contributed by atoms with E-state index in [9.17, 15) is 4.57 Å². The van der Waals surface area contributed by atoms with Crippen molar-refractivity contribution < 1.29 is 23.3 Å². The van der Waals surface area contributed by atoms with Crippen LogP contribution in [0.5, 0.6) is 0 Å². The molecule has 1 heterocycles. The van der Waals surface area contributed by atoms with E-state index in [4.69, 9.17) is 24.5 Å². The Bertz CT molecular complexity index is 318. The van der Waals surface area contributed by atoms with Crippen LogP contribution in [-0.4, -0.2) is 65.7 Å². The van der Waals surface area contributed by atoms with Gasteiger partial charge in [-0.05, 0) is 13.0 Å². The summed E-state index contributed by atoms with van der Waals surface area (Å²) in [7, 11) is 3.48. The van der Waals surface area contributed by atoms with Gasteiger partial charge in [-0.15, -0.1) is 0 Å². The Morgan fingerprint density at radius 1 is 1.47 bits per heavy atom. The average molecular weight is 311 g/mol. The topological polar surface area (TPSA) is 80.0 Å². The molecule has 1 saturated heterocycles. The molecule has 1 aliphatic rings. The van der Waals surface area contributed by atoms with Crippen LogP contribution in [0.1, 0.15) is 6.42 Å². The minimum absolute atomic E-state index is 0.150. The molecule has 5 atom stereocenters. The molecule has 0 aromatic heterocycles. The summed E-state index contributed by atoms with van der Waals surface area (Å²) in [6, 6.07) is -0.150. The Morgan fingerprint density at radius 2 is 2.16 bits per heavy atom. The molecule has 112 valence electrons. The fraction of sp³-hybridized carbons (Fsp3) is 1.00. The van der Waals surface area contributed by atoms with Crippen LogP contribution in [0.15, 0.2) is 0 Å². The number of ether oxygens (including phenoxy) is 3. The van der Waals surface area contributed by atoms with Crippen molar-refractivity contribution >= 4 is 26.7 Å². The van der Waals surface area contributed by atoms with Crippen LogP contribution in [0.2, 0.25) is 0 Å². The first kappa shape index (κ1) is 17.5. The van der Waals surface area contributed by atoms with Crippen LogP contribution in [-0.2, 0) is 23.3 Å². The van der Waals surface area contributed by atoms with E-state index in [0.717, 1.165) is 6.42 Å². The molecular formula is C10H23BNO5PS. The lowest BCUT2D eigenvalue weighted by Crippen LogP contribution is -2.38. The second-order valence-corrected chi connectivity index (χ2v) is 8.68. The van der Waals surface area contributed by atoms with Crippen LogP contribution in [0.4, 0.5) is 0 Å². The van der Waals surface area contributed by atoms with Gasteiger partial charge in [0.2, 0.25) is 0 Å². The van der Waals surface area contributed by atoms with Crippen LogP contribution in [0.25, 0.3) is 0 Å². The number of methoxy groups -OCH3 is 1. The molecule has 6 nitrogen and oxygen atoms in total. The fourth-order valence-electron chi connectivity index (χ4n) is 2.09. The summed E-state index contributed by atoms with van der Waals surface area (Å²) >= 11 is 3.98. The molecule has 0 saturated carbocycles. The zero-order valence-electron chi connectivity index (χ0n) is 11.7. The number of hydrogen-bond acceptors (Lipinski definition) is 6. The van der Waals surface area contributed by atoms with Crippen molar-refractivity contribution in [3.63, 3.8) is 0 Å². The molecule has 9 heteroatoms. The minimum Gasteiger partial charge on any atom is -0.382 e. The van der Waals surface area contributed by atoms with Crippen molar-refractivity contribution in [1.82, 2.24) is 0 Å². The summed E-state index contributed by atoms with van der Waals surface area (Å²) in [5.41, 5.74) is 5.44. The van der Waals surface area contributed by atoms with E-state index in [2.05, 4.69) is 12.2 Å². The summed E-state index contributed by atoms with van der Waals surface area (Å²) in [5.74, 6) is 0. The standard InChI is InChI=1S/C10H23BNO5PS/c1-14-6-7-8(17-18(2,13)19)9(10(11)16-7)15-5-3-4-12/h7-10H,3-6,11-12H2,1-2H3,(H,13,19)/t7-,8?,9?,10-,18?/m1/s1. The Labute approximate surface area is 120 Å². The van der Waals surface area contributed by atoms with Crippen LogP contribution < -0.4 is 5.73 Å². The smallest absolute Gasteiger partial charge is 0.252 e. The van der Waals surface area contributed by atoms with Gasteiger partial charge in [-0.2, -0.15) is 0 Å². The summed E-state index contributed by atoms with van der Waals surface area (Å²) in [4.78, 5) is 0. The van der Waals surface area contributed by atoms with Gasteiger partial charge in [0.1, 0.15) is 26.2 Å². The zero-order chi connectivity index (χ0) is 14.5. The van der Waals surface area contributed by atoms with Gasteiger partial charge in [-0.25, -0.2) is 0 Å². The van der Waals surface area contributed by atoms with Crippen molar-refractivity contribution in [3.8, 4) is 0 Å². The third kappa shape index (κ3) is 5.75. The molecule has 0 aliphatic carbocycles. The first-order valence-electron chi connectivity index (χ1n) is 6.33. The zero-order valence-corrected chi connectivity index (χ0v) is 13.4. The molecule has 0 aromatic rings. The van der Waals surface area contributed by atoms with E-state index in [1.165, 1.54) is 6.66 Å². The van der Waals surface area contributed by atoms with E-state index < -0.39 is 12.7 Å². The highest BCUT2D eigenvalue weighted by atomic mass is 32.7. The second kappa shape index (κ2) is 8.03. The molecule has 1 aliphatic heterocycles. The molecule has 0 bridgehead atoms. The molecule has 1 rings (SSSR count). The van der Waals surface area contributed by atoms with Gasteiger partial charge in [0.25, 0.3) is 6.57 Å². The highest BCUT2D eigenvalue weighted by Gasteiger charge is 2.45. The maximum atomic E-state index is 11.8. The number of thiol groups is 1. The maximum Gasteiger partial charge on any atom is 0.252 e. The van der Waals surface area contributed by atoms with E-state index in [-0.39, 0.29) is 18.2 Å². The molecular weight excluding hydrogens is 288 g/mol. The van der Waals surface area contributed by atoms with Crippen molar-refractivity contribution in [3.05, 3.63) is 0 Å². The monoisotopic (exact) mass is 311 g/mol. The minimum atomic E-state index is -2.92. The van der Waals surface area contributed by atoms with Gasteiger partial charge in [0, 0.05) is 20.4 Å². The lowest BCUT2D eigenvalue weighted by molar-refractivity contribution is -0.0179. The number of hydrogen-bond donors (Lipinski definition) is 2. The van der Waals surface area contributed by atoms with E-state index in [1.54, 1.807) is 7.11 Å². The highest BCUT2D eigenvalue weighted by Crippen LogP contribution is 2.50. The van der Waals surface area contributed by atoms with Crippen LogP contribution in [0, 0.1) is 0 Å². The van der Waals surface area contributed by atoms with Crippen molar-refractivity contribution in [2.45, 2.75) is 30.7 Å². The average Bonchev–Trinajstić information content (AvgIpc) is 2.56. The summed E-state index contributed by atoms with van der Waals surface area (Å²) in [5, 5.41) is 0. The van der Waals surface area contributed by atoms with E-state index in [1.807, 2.05) is 7.85 Å². The van der Waals surface area contributed by atoms with Gasteiger partial charge in [-0.1, -0.05) is 12.2 Å². The third-order valence-corrected chi connectivity index (χ3v) is 3.77. The first-order chi connectivity index (χ1) is 8.89. The van der Waals surface area contributed by atoms with Crippen molar-refractivity contribution in [1.29, 1.82) is 0 Å². The molecule has 0 aromatic carbocycles. The van der Waals surface area contributed by atoms with E-state index >= 15 is 0 Å². The maximum absolute atomic E-state index is 11.8. The Balaban J connectivity index is 2.70. The molecule has 3 unspecified atom stereocenters. The second-order valence-electron chi connectivity index (χ2n) is 4.69. The fourth-order valence-corrected chi connectivity index (χ4v) is 3.13. The summed E-state index contributed by atoms with van der Waals surface area (Å²) < 4.78 is 33.9. The van der Waals surface area contributed by atoms with Crippen molar-refractivity contribution in [2.24, 2.45) is 5.73 Å². The van der Waals surface area contributed by atoms with Gasteiger partial charge < -0.3 is 24.5 Å². The lowest BCUT2D eigenvalue weighted by atomic mass is 9.93. The third-order valence-electron chi connectivity index (χ3n) is 2.85. The SMILES string of the molecule is B[C@@H]1O[C@H](COC)C(OP(C)(=O)S)C1OCCCN. The number of rotatable bonds is 8. The van der Waals surface area contributed by atoms with Crippen molar-refractivity contribution in [2.75, 3.05) is 33.5 Å². The van der Waals surface area contributed by atoms with Gasteiger partial charge in [0.05, 0.1) is 12.6 Å². The highest BCUT2D eigenvalue weighted by molar-refractivity contribution is 8.46. The normalized spacial score (nSPS) is 34.3. The van der Waals surface area contributed by atoms with E-state index in [0.29, 0.717) is 19.8 Å². The van der Waals surface area contributed by atoms with Gasteiger partial charge in [-0.3, -0.25) is 4.57 Å². The predicted molar refractivity (Wildman–Crippen MR) is 79.9 cm³/mol. The first-order valence-corrected chi connectivity index (χ1v) is 9.56. The molecule has 0 amide bonds. The van der Waals surface area contributed by atoms with Crippen LogP contribution in [0.3, 0.4) is 0 Å². The molecule has 0 radical (unpaired) electrons. The van der Waals surface area contributed by atoms with Gasteiger partial charge >= 0.3 is 0 Å². The Morgan fingerprint density at radius 3 is 2.68 bits per heavy atom. The largest absolute Gasteiger partial charge is 0.382 e. The Hall–Kier alpha value is 0.445.